The van der Waals surface area contributed by atoms with Gasteiger partial charge in [-0.05, 0) is 69.0 Å². The minimum absolute atomic E-state index is 0.123. The van der Waals surface area contributed by atoms with E-state index in [4.69, 9.17) is 4.99 Å². The Balaban J connectivity index is 1.62. The van der Waals surface area contributed by atoms with Crippen LogP contribution in [0, 0.1) is 5.92 Å². The fourth-order valence-corrected chi connectivity index (χ4v) is 4.43. The Morgan fingerprint density at radius 1 is 1.14 bits per heavy atom. The van der Waals surface area contributed by atoms with Crippen LogP contribution in [0.4, 0.5) is 0 Å². The highest BCUT2D eigenvalue weighted by Gasteiger charge is 2.20. The average Bonchev–Trinajstić information content (AvgIpc) is 2.69. The van der Waals surface area contributed by atoms with Crippen LogP contribution >= 0.6 is 0 Å². The quantitative estimate of drug-likeness (QED) is 0.519. The molecule has 2 aliphatic rings. The van der Waals surface area contributed by atoms with Crippen LogP contribution in [0.1, 0.15) is 63.5 Å². The first kappa shape index (κ1) is 21.1. The van der Waals surface area contributed by atoms with Crippen molar-refractivity contribution in [3.8, 4) is 0 Å². The summed E-state index contributed by atoms with van der Waals surface area (Å²) in [5.41, 5.74) is 2.72. The number of piperidine rings is 1. The fourth-order valence-electron chi connectivity index (χ4n) is 4.43. The van der Waals surface area contributed by atoms with Gasteiger partial charge in [0.2, 0.25) is 0 Å². The van der Waals surface area contributed by atoms with Gasteiger partial charge < -0.3 is 15.7 Å². The van der Waals surface area contributed by atoms with Crippen LogP contribution in [-0.4, -0.2) is 47.7 Å². The van der Waals surface area contributed by atoms with Gasteiger partial charge in [0.25, 0.3) is 0 Å². The van der Waals surface area contributed by atoms with Gasteiger partial charge in [0.1, 0.15) is 0 Å². The lowest BCUT2D eigenvalue weighted by Gasteiger charge is -2.31. The molecule has 3 N–H and O–H groups in total. The zero-order valence-corrected chi connectivity index (χ0v) is 17.7. The van der Waals surface area contributed by atoms with E-state index in [1.54, 1.807) is 0 Å². The maximum absolute atomic E-state index is 9.72. The fraction of sp³-hybridized carbons (Fsp3) is 0.696. The number of hydrogen-bond donors (Lipinski definition) is 3. The third-order valence-corrected chi connectivity index (χ3v) is 6.04. The maximum atomic E-state index is 9.72. The highest BCUT2D eigenvalue weighted by Crippen LogP contribution is 2.20. The summed E-state index contributed by atoms with van der Waals surface area (Å²) in [7, 11) is 0. The normalized spacial score (nSPS) is 26.8. The largest absolute Gasteiger partial charge is 0.393 e. The summed E-state index contributed by atoms with van der Waals surface area (Å²) in [4.78, 5) is 7.47. The average molecular weight is 387 g/mol. The van der Waals surface area contributed by atoms with Crippen molar-refractivity contribution in [2.75, 3.05) is 19.6 Å². The molecule has 1 aliphatic heterocycles. The van der Waals surface area contributed by atoms with Crippen molar-refractivity contribution in [2.45, 2.75) is 77.6 Å². The molecule has 1 heterocycles. The Hall–Kier alpha value is -1.59. The topological polar surface area (TPSA) is 59.9 Å². The number of hydrogen-bond acceptors (Lipinski definition) is 3. The predicted octanol–water partition coefficient (Wildman–Crippen LogP) is 3.28. The van der Waals surface area contributed by atoms with Crippen molar-refractivity contribution in [1.82, 2.24) is 15.5 Å². The molecule has 1 unspecified atom stereocenters. The zero-order chi connectivity index (χ0) is 19.8. The summed E-state index contributed by atoms with van der Waals surface area (Å²) in [5.74, 6) is 1.70. The molecule has 2 fully saturated rings. The Labute approximate surface area is 170 Å². The van der Waals surface area contributed by atoms with E-state index in [9.17, 15) is 5.11 Å². The minimum Gasteiger partial charge on any atom is -0.393 e. The molecule has 1 saturated carbocycles. The highest BCUT2D eigenvalue weighted by molar-refractivity contribution is 5.80. The lowest BCUT2D eigenvalue weighted by molar-refractivity contribution is 0.120. The molecule has 28 heavy (non-hydrogen) atoms. The van der Waals surface area contributed by atoms with Crippen molar-refractivity contribution in [2.24, 2.45) is 10.9 Å². The molecule has 0 aromatic heterocycles. The van der Waals surface area contributed by atoms with Gasteiger partial charge in [-0.25, -0.2) is 4.99 Å². The van der Waals surface area contributed by atoms with E-state index in [-0.39, 0.29) is 6.10 Å². The van der Waals surface area contributed by atoms with E-state index in [2.05, 4.69) is 53.6 Å². The van der Waals surface area contributed by atoms with Gasteiger partial charge >= 0.3 is 0 Å². The molecule has 1 aliphatic carbocycles. The third-order valence-electron chi connectivity index (χ3n) is 6.04. The smallest absolute Gasteiger partial charge is 0.191 e. The van der Waals surface area contributed by atoms with Crippen LogP contribution in [0.15, 0.2) is 29.3 Å². The molecular weight excluding hydrogens is 348 g/mol. The van der Waals surface area contributed by atoms with Crippen molar-refractivity contribution in [1.29, 1.82) is 0 Å². The second kappa shape index (κ2) is 10.8. The number of aliphatic hydroxyl groups is 1. The molecule has 3 rings (SSSR count). The number of rotatable bonds is 6. The molecule has 5 nitrogen and oxygen atoms in total. The van der Waals surface area contributed by atoms with E-state index in [1.165, 1.54) is 37.1 Å². The van der Waals surface area contributed by atoms with Crippen LogP contribution in [-0.2, 0) is 13.1 Å². The molecule has 1 saturated heterocycles. The molecule has 0 bridgehead atoms. The first-order chi connectivity index (χ1) is 13.6. The number of guanidine groups is 1. The molecule has 1 aromatic rings. The Bertz CT molecular complexity index is 625. The van der Waals surface area contributed by atoms with Crippen molar-refractivity contribution in [3.05, 3.63) is 35.4 Å². The summed E-state index contributed by atoms with van der Waals surface area (Å²) in [6, 6.07) is 9.15. The number of likely N-dealkylation sites (tertiary alicyclic amines) is 1. The van der Waals surface area contributed by atoms with Gasteiger partial charge in [0.05, 0.1) is 12.6 Å². The lowest BCUT2D eigenvalue weighted by atomic mass is 9.93. The molecule has 0 spiro atoms. The van der Waals surface area contributed by atoms with E-state index in [0.717, 1.165) is 50.7 Å². The van der Waals surface area contributed by atoms with Crippen LogP contribution in [0.5, 0.6) is 0 Å². The van der Waals surface area contributed by atoms with Gasteiger partial charge in [0, 0.05) is 25.7 Å². The monoisotopic (exact) mass is 386 g/mol. The van der Waals surface area contributed by atoms with Gasteiger partial charge in [-0.3, -0.25) is 4.90 Å². The summed E-state index contributed by atoms with van der Waals surface area (Å²) in [6.07, 6.45) is 6.33. The van der Waals surface area contributed by atoms with E-state index in [1.807, 2.05) is 0 Å². The second-order valence-corrected chi connectivity index (χ2v) is 8.60. The molecule has 1 aromatic carbocycles. The Morgan fingerprint density at radius 3 is 2.61 bits per heavy atom. The van der Waals surface area contributed by atoms with Gasteiger partial charge in [-0.2, -0.15) is 0 Å². The molecular formula is C23H38N4O. The van der Waals surface area contributed by atoms with Gasteiger partial charge in [-0.1, -0.05) is 31.2 Å². The van der Waals surface area contributed by atoms with Crippen LogP contribution in [0.2, 0.25) is 0 Å². The van der Waals surface area contributed by atoms with Crippen molar-refractivity contribution in [3.63, 3.8) is 0 Å². The number of nitrogens with one attached hydrogen (secondary N) is 2. The second-order valence-electron chi connectivity index (χ2n) is 8.60. The molecule has 0 radical (unpaired) electrons. The van der Waals surface area contributed by atoms with Crippen molar-refractivity contribution < 1.29 is 5.11 Å². The number of nitrogens with zero attached hydrogens (tertiary/aromatic N) is 2. The standard InChI is InChI=1S/C23H38N4O/c1-3-24-23(26-21-10-12-22(28)13-11-21)25-15-19-8-4-5-9-20(19)17-27-14-6-7-18(2)16-27/h4-5,8-9,18,21-22,28H,3,6-7,10-17H2,1-2H3,(H2,24,25,26). The highest BCUT2D eigenvalue weighted by atomic mass is 16.3. The summed E-state index contributed by atoms with van der Waals surface area (Å²) in [5, 5.41) is 16.7. The van der Waals surface area contributed by atoms with E-state index in [0.29, 0.717) is 12.6 Å². The van der Waals surface area contributed by atoms with Gasteiger partial charge in [0.15, 0.2) is 5.96 Å². The summed E-state index contributed by atoms with van der Waals surface area (Å²) >= 11 is 0. The number of benzene rings is 1. The minimum atomic E-state index is -0.123. The zero-order valence-electron chi connectivity index (χ0n) is 17.7. The lowest BCUT2D eigenvalue weighted by Crippen LogP contribution is -2.45. The van der Waals surface area contributed by atoms with Crippen LogP contribution < -0.4 is 10.6 Å². The number of aliphatic imine (C=N–C) groups is 1. The first-order valence-corrected chi connectivity index (χ1v) is 11.2. The maximum Gasteiger partial charge on any atom is 0.191 e. The van der Waals surface area contributed by atoms with Crippen LogP contribution in [0.3, 0.4) is 0 Å². The van der Waals surface area contributed by atoms with E-state index < -0.39 is 0 Å². The predicted molar refractivity (Wildman–Crippen MR) is 116 cm³/mol. The van der Waals surface area contributed by atoms with Crippen LogP contribution in [0.25, 0.3) is 0 Å². The first-order valence-electron chi connectivity index (χ1n) is 11.2. The SMILES string of the molecule is CCNC(=NCc1ccccc1CN1CCCC(C)C1)NC1CCC(O)CC1. The number of aliphatic hydroxyl groups excluding tert-OH is 1. The van der Waals surface area contributed by atoms with Gasteiger partial charge in [-0.15, -0.1) is 0 Å². The Morgan fingerprint density at radius 2 is 1.89 bits per heavy atom. The molecule has 1 atom stereocenters. The Kier molecular flexibility index (Phi) is 8.16. The van der Waals surface area contributed by atoms with E-state index >= 15 is 0 Å². The summed E-state index contributed by atoms with van der Waals surface area (Å²) in [6.45, 7) is 9.46. The van der Waals surface area contributed by atoms with Crippen molar-refractivity contribution >= 4 is 5.96 Å². The molecule has 0 amide bonds. The summed E-state index contributed by atoms with van der Waals surface area (Å²) < 4.78 is 0. The molecule has 156 valence electrons. The molecule has 5 heteroatoms. The third kappa shape index (κ3) is 6.49.